The molecule has 0 saturated carbocycles. The molecule has 0 aliphatic carbocycles. The van der Waals surface area contributed by atoms with Crippen molar-refractivity contribution in [3.8, 4) is 0 Å². The third-order valence-electron chi connectivity index (χ3n) is 4.39. The van der Waals surface area contributed by atoms with Crippen LogP contribution in [0.4, 0.5) is 0 Å². The minimum Gasteiger partial charge on any atom is -0.481 e. The van der Waals surface area contributed by atoms with Gasteiger partial charge in [-0.3, -0.25) is 4.79 Å². The Hall–Kier alpha value is -1.43. The molecule has 1 atom stereocenters. The predicted octanol–water partition coefficient (Wildman–Crippen LogP) is 3.12. The van der Waals surface area contributed by atoms with Crippen molar-refractivity contribution in [3.63, 3.8) is 0 Å². The minimum atomic E-state index is -0.700. The minimum absolute atomic E-state index is 0.219. The van der Waals surface area contributed by atoms with Crippen LogP contribution in [0.3, 0.4) is 0 Å². The lowest BCUT2D eigenvalue weighted by Gasteiger charge is -2.27. The maximum atomic E-state index is 11.5. The molecule has 1 fully saturated rings. The summed E-state index contributed by atoms with van der Waals surface area (Å²) in [5, 5.41) is 16.2. The first-order valence-corrected chi connectivity index (χ1v) is 8.60. The van der Waals surface area contributed by atoms with Gasteiger partial charge in [0.15, 0.2) is 0 Å². The molecule has 0 amide bonds. The molecule has 5 heteroatoms. The van der Waals surface area contributed by atoms with E-state index in [1.807, 2.05) is 0 Å². The highest BCUT2D eigenvalue weighted by molar-refractivity contribution is 7.17. The fourth-order valence-electron chi connectivity index (χ4n) is 3.13. The number of ether oxygens (including phenoxy) is 1. The van der Waals surface area contributed by atoms with Gasteiger partial charge in [0, 0.05) is 31.0 Å². The predicted molar refractivity (Wildman–Crippen MR) is 88.2 cm³/mol. The number of benzene rings is 1. The molecule has 1 aromatic carbocycles. The van der Waals surface area contributed by atoms with E-state index in [9.17, 15) is 9.90 Å². The Bertz CT molecular complexity index is 634. The zero-order valence-electron chi connectivity index (χ0n) is 12.5. The van der Waals surface area contributed by atoms with E-state index in [0.29, 0.717) is 26.3 Å². The van der Waals surface area contributed by atoms with E-state index < -0.39 is 5.97 Å². The lowest BCUT2D eigenvalue weighted by Crippen LogP contribution is -2.36. The lowest BCUT2D eigenvalue weighted by molar-refractivity contribution is -0.144. The Morgan fingerprint density at radius 3 is 2.95 bits per heavy atom. The van der Waals surface area contributed by atoms with E-state index >= 15 is 0 Å². The van der Waals surface area contributed by atoms with Crippen molar-refractivity contribution in [2.45, 2.75) is 19.4 Å². The highest BCUT2D eigenvalue weighted by Crippen LogP contribution is 2.26. The van der Waals surface area contributed by atoms with Crippen LogP contribution in [0.25, 0.3) is 10.1 Å². The fraction of sp³-hybridized carbons (Fsp3) is 0.471. The monoisotopic (exact) mass is 319 g/mol. The molecule has 1 aliphatic heterocycles. The molecule has 0 bridgehead atoms. The van der Waals surface area contributed by atoms with Crippen molar-refractivity contribution >= 4 is 27.4 Å². The normalized spacial score (nSPS) is 17.6. The summed E-state index contributed by atoms with van der Waals surface area (Å²) in [7, 11) is 0. The van der Waals surface area contributed by atoms with Crippen LogP contribution in [-0.4, -0.2) is 30.8 Å². The van der Waals surface area contributed by atoms with E-state index in [2.05, 4.69) is 35.0 Å². The maximum Gasteiger partial charge on any atom is 0.308 e. The summed E-state index contributed by atoms with van der Waals surface area (Å²) in [6.07, 6.45) is 1.69. The second-order valence-corrected chi connectivity index (χ2v) is 6.70. The zero-order valence-corrected chi connectivity index (χ0v) is 13.3. The van der Waals surface area contributed by atoms with E-state index in [1.165, 1.54) is 15.6 Å². The van der Waals surface area contributed by atoms with Gasteiger partial charge in [-0.1, -0.05) is 18.2 Å². The first-order chi connectivity index (χ1) is 10.8. The van der Waals surface area contributed by atoms with E-state index in [4.69, 9.17) is 4.74 Å². The third kappa shape index (κ3) is 3.48. The number of carbonyl (C=O) groups is 1. The fourth-order valence-corrected chi connectivity index (χ4v) is 4.04. The van der Waals surface area contributed by atoms with Crippen molar-refractivity contribution in [1.29, 1.82) is 0 Å². The third-order valence-corrected chi connectivity index (χ3v) is 5.40. The van der Waals surface area contributed by atoms with E-state index in [1.54, 1.807) is 11.3 Å². The first-order valence-electron chi connectivity index (χ1n) is 7.72. The smallest absolute Gasteiger partial charge is 0.308 e. The van der Waals surface area contributed by atoms with Gasteiger partial charge in [-0.15, -0.1) is 11.3 Å². The number of hydrogen-bond acceptors (Lipinski definition) is 4. The van der Waals surface area contributed by atoms with Crippen LogP contribution in [0.15, 0.2) is 29.6 Å². The SMILES string of the molecule is O=C(O)C(CNCc1cccc2ccsc12)C1CCOCC1. The van der Waals surface area contributed by atoms with Crippen molar-refractivity contribution in [2.75, 3.05) is 19.8 Å². The Balaban J connectivity index is 1.60. The number of hydrogen-bond donors (Lipinski definition) is 2. The Morgan fingerprint density at radius 2 is 2.18 bits per heavy atom. The van der Waals surface area contributed by atoms with Gasteiger partial charge in [0.1, 0.15) is 0 Å². The van der Waals surface area contributed by atoms with Gasteiger partial charge in [-0.05, 0) is 41.2 Å². The highest BCUT2D eigenvalue weighted by atomic mass is 32.1. The molecule has 1 aromatic heterocycles. The van der Waals surface area contributed by atoms with Crippen LogP contribution in [0, 0.1) is 11.8 Å². The molecule has 0 spiro atoms. The summed E-state index contributed by atoms with van der Waals surface area (Å²) in [4.78, 5) is 11.5. The van der Waals surface area contributed by atoms with Crippen molar-refractivity contribution in [3.05, 3.63) is 35.2 Å². The molecule has 118 valence electrons. The topological polar surface area (TPSA) is 58.6 Å². The van der Waals surface area contributed by atoms with Gasteiger partial charge >= 0.3 is 5.97 Å². The number of fused-ring (bicyclic) bond motifs is 1. The Kier molecular flexibility index (Phi) is 5.08. The van der Waals surface area contributed by atoms with Crippen LogP contribution < -0.4 is 5.32 Å². The highest BCUT2D eigenvalue weighted by Gasteiger charge is 2.29. The standard InChI is InChI=1S/C17H21NO3S/c19-17(20)15(12-4-7-21-8-5-12)11-18-10-14-3-1-2-13-6-9-22-16(13)14/h1-3,6,9,12,15,18H,4-5,7-8,10-11H2,(H,19,20). The number of rotatable bonds is 6. The molecular formula is C17H21NO3S. The van der Waals surface area contributed by atoms with E-state index in [-0.39, 0.29) is 11.8 Å². The van der Waals surface area contributed by atoms with Crippen molar-refractivity contribution in [1.82, 2.24) is 5.32 Å². The molecule has 2 aromatic rings. The number of thiophene rings is 1. The second kappa shape index (κ2) is 7.22. The van der Waals surface area contributed by atoms with Gasteiger partial charge < -0.3 is 15.2 Å². The molecule has 3 rings (SSSR count). The van der Waals surface area contributed by atoms with Gasteiger partial charge in [-0.25, -0.2) is 0 Å². The summed E-state index contributed by atoms with van der Waals surface area (Å²) < 4.78 is 6.62. The lowest BCUT2D eigenvalue weighted by atomic mass is 9.86. The number of aliphatic carboxylic acids is 1. The summed E-state index contributed by atoms with van der Waals surface area (Å²) in [6.45, 7) is 2.60. The average molecular weight is 319 g/mol. The van der Waals surface area contributed by atoms with E-state index in [0.717, 1.165) is 12.8 Å². The molecule has 1 unspecified atom stereocenters. The molecular weight excluding hydrogens is 298 g/mol. The molecule has 1 saturated heterocycles. The quantitative estimate of drug-likeness (QED) is 0.859. The molecule has 2 heterocycles. The average Bonchev–Trinajstić information content (AvgIpc) is 3.01. The summed E-state index contributed by atoms with van der Waals surface area (Å²) in [6, 6.07) is 8.39. The maximum absolute atomic E-state index is 11.5. The Morgan fingerprint density at radius 1 is 1.36 bits per heavy atom. The van der Waals surface area contributed by atoms with Crippen LogP contribution in [0.1, 0.15) is 18.4 Å². The molecule has 2 N–H and O–H groups in total. The van der Waals surface area contributed by atoms with Crippen molar-refractivity contribution in [2.24, 2.45) is 11.8 Å². The summed E-state index contributed by atoms with van der Waals surface area (Å²) in [5.41, 5.74) is 1.24. The van der Waals surface area contributed by atoms with Gasteiger partial charge in [0.2, 0.25) is 0 Å². The number of carboxylic acids is 1. The summed E-state index contributed by atoms with van der Waals surface area (Å²) >= 11 is 1.73. The first kappa shape index (κ1) is 15.5. The largest absolute Gasteiger partial charge is 0.481 e. The van der Waals surface area contributed by atoms with Gasteiger partial charge in [-0.2, -0.15) is 0 Å². The number of carboxylic acid groups (broad SMARTS) is 1. The van der Waals surface area contributed by atoms with Gasteiger partial charge in [0.25, 0.3) is 0 Å². The molecule has 1 aliphatic rings. The van der Waals surface area contributed by atoms with Crippen LogP contribution in [0.2, 0.25) is 0 Å². The van der Waals surface area contributed by atoms with Gasteiger partial charge in [0.05, 0.1) is 5.92 Å². The summed E-state index contributed by atoms with van der Waals surface area (Å²) in [5.74, 6) is -0.809. The molecule has 0 radical (unpaired) electrons. The number of nitrogens with one attached hydrogen (secondary N) is 1. The van der Waals surface area contributed by atoms with Crippen LogP contribution in [0.5, 0.6) is 0 Å². The molecule has 4 nitrogen and oxygen atoms in total. The second-order valence-electron chi connectivity index (χ2n) is 5.78. The van der Waals surface area contributed by atoms with Crippen LogP contribution in [-0.2, 0) is 16.1 Å². The van der Waals surface area contributed by atoms with Crippen LogP contribution >= 0.6 is 11.3 Å². The van der Waals surface area contributed by atoms with Crippen molar-refractivity contribution < 1.29 is 14.6 Å². The zero-order chi connectivity index (χ0) is 15.4. The molecule has 22 heavy (non-hydrogen) atoms. The Labute approximate surface area is 134 Å².